The van der Waals surface area contributed by atoms with Crippen LogP contribution in [0.1, 0.15) is 0 Å². The second-order valence-electron chi connectivity index (χ2n) is 2.43. The zero-order chi connectivity index (χ0) is 11.3. The lowest BCUT2D eigenvalue weighted by atomic mass is 10.1. The summed E-state index contributed by atoms with van der Waals surface area (Å²) in [4.78, 5) is 24.1. The molecular weight excluding hydrogens is 200 g/mol. The normalized spacial score (nSPS) is 16.5. The summed E-state index contributed by atoms with van der Waals surface area (Å²) < 4.78 is 0. The summed E-state index contributed by atoms with van der Waals surface area (Å²) in [6.07, 6.45) is 5.84. The van der Waals surface area contributed by atoms with E-state index in [0.29, 0.717) is 6.34 Å². The van der Waals surface area contributed by atoms with Crippen LogP contribution in [0, 0.1) is 21.9 Å². The first-order valence-corrected chi connectivity index (χ1v) is 3.83. The Morgan fingerprint density at radius 2 is 2.47 bits per heavy atom. The molecule has 0 aromatic rings. The molecule has 0 aromatic carbocycles. The van der Waals surface area contributed by atoms with Gasteiger partial charge in [0.25, 0.3) is 0 Å². The summed E-state index contributed by atoms with van der Waals surface area (Å²) in [5.41, 5.74) is -0.0151. The highest BCUT2D eigenvalue weighted by atomic mass is 16.6. The van der Waals surface area contributed by atoms with Crippen molar-refractivity contribution in [3.05, 3.63) is 45.8 Å². The van der Waals surface area contributed by atoms with E-state index in [1.165, 1.54) is 18.6 Å². The Morgan fingerprint density at radius 1 is 1.73 bits per heavy atom. The van der Waals surface area contributed by atoms with E-state index in [9.17, 15) is 14.9 Å². The average molecular weight is 206 g/mol. The van der Waals surface area contributed by atoms with Crippen molar-refractivity contribution >= 4 is 18.1 Å². The second kappa shape index (κ2) is 4.70. The molecule has 7 nitrogen and oxygen atoms in total. The maximum absolute atomic E-state index is 10.8. The largest absolute Gasteiger partial charge is 0.419 e. The number of carbonyl (C=O) groups excluding carboxylic acids is 1. The van der Waals surface area contributed by atoms with Crippen LogP contribution in [0.3, 0.4) is 0 Å². The van der Waals surface area contributed by atoms with Crippen LogP contribution >= 0.6 is 0 Å². The summed E-state index contributed by atoms with van der Waals surface area (Å²) in [7, 11) is 0. The quantitative estimate of drug-likeness (QED) is 0.242. The van der Waals surface area contributed by atoms with Crippen LogP contribution in [-0.2, 0) is 0 Å². The van der Waals surface area contributed by atoms with Gasteiger partial charge >= 0.3 is 5.70 Å². The van der Waals surface area contributed by atoms with Crippen LogP contribution in [0.5, 0.6) is 0 Å². The standard InChI is InChI=1S/C8H6N4O3/c9-5-10-8(13)11-6-2-1-3-7(4-6)12(14)15/h1-5H,(H-,9,10,13). The number of nitrogens with zero attached hydrogens (tertiary/aromatic N) is 3. The number of hydrogen-bond donors (Lipinski definition) is 1. The summed E-state index contributed by atoms with van der Waals surface area (Å²) >= 11 is 0. The molecule has 0 aliphatic heterocycles. The zero-order valence-corrected chi connectivity index (χ0v) is 7.45. The molecule has 0 saturated carbocycles. The van der Waals surface area contributed by atoms with Gasteiger partial charge in [-0.3, -0.25) is 19.9 Å². The monoisotopic (exact) mass is 206 g/mol. The highest BCUT2D eigenvalue weighted by Gasteiger charge is 2.20. The lowest BCUT2D eigenvalue weighted by Crippen LogP contribution is -2.07. The van der Waals surface area contributed by atoms with Crippen molar-refractivity contribution in [1.82, 2.24) is 0 Å². The third-order valence-electron chi connectivity index (χ3n) is 1.44. The highest BCUT2D eigenvalue weighted by Crippen LogP contribution is 2.09. The first-order chi connectivity index (χ1) is 7.13. The molecule has 1 aliphatic rings. The summed E-state index contributed by atoms with van der Waals surface area (Å²) in [5.74, 6) is 0. The average Bonchev–Trinajstić information content (AvgIpc) is 2.18. The van der Waals surface area contributed by atoms with Gasteiger partial charge in [-0.2, -0.15) is 0 Å². The highest BCUT2D eigenvalue weighted by molar-refractivity contribution is 6.15. The van der Waals surface area contributed by atoms with Gasteiger partial charge < -0.3 is 10.7 Å². The van der Waals surface area contributed by atoms with E-state index < -0.39 is 11.0 Å². The predicted molar refractivity (Wildman–Crippen MR) is 53.5 cm³/mol. The maximum Gasteiger partial charge on any atom is 0.373 e. The van der Waals surface area contributed by atoms with Gasteiger partial charge in [-0.15, -0.1) is 0 Å². The Bertz CT molecular complexity index is 395. The molecule has 7 heteroatoms. The molecule has 2 amide bonds. The Hall–Kier alpha value is -2.44. The van der Waals surface area contributed by atoms with Crippen molar-refractivity contribution in [2.24, 2.45) is 4.99 Å². The van der Waals surface area contributed by atoms with Crippen LogP contribution in [0.15, 0.2) is 28.9 Å². The first-order valence-electron chi connectivity index (χ1n) is 3.83. The van der Waals surface area contributed by atoms with E-state index in [0.717, 1.165) is 6.08 Å². The number of nitrogens with one attached hydrogen (secondary N) is 1. The number of allylic oxidation sites excluding steroid dienone is 3. The van der Waals surface area contributed by atoms with E-state index in [1.807, 2.05) is 0 Å². The number of amides is 2. The minimum Gasteiger partial charge on any atom is -0.419 e. The molecule has 0 aromatic heterocycles. The Balaban J connectivity index is 2.82. The molecule has 15 heavy (non-hydrogen) atoms. The van der Waals surface area contributed by atoms with Gasteiger partial charge in [-0.25, -0.2) is 0 Å². The minimum atomic E-state index is -0.870. The van der Waals surface area contributed by atoms with E-state index >= 15 is 0 Å². The molecule has 0 radical (unpaired) electrons. The van der Waals surface area contributed by atoms with Crippen LogP contribution in [-0.4, -0.2) is 23.0 Å². The van der Waals surface area contributed by atoms with E-state index in [-0.39, 0.29) is 11.4 Å². The lowest BCUT2D eigenvalue weighted by molar-refractivity contribution is -0.420. The number of nitro groups is 1. The Labute approximate surface area is 84.9 Å². The fourth-order valence-corrected chi connectivity index (χ4v) is 0.871. The molecular formula is C8H6N4O3. The maximum atomic E-state index is 10.8. The molecule has 1 aliphatic carbocycles. The van der Waals surface area contributed by atoms with Gasteiger partial charge in [0, 0.05) is 6.08 Å². The van der Waals surface area contributed by atoms with Gasteiger partial charge in [-0.1, -0.05) is 0 Å². The van der Waals surface area contributed by atoms with Crippen molar-refractivity contribution in [2.75, 3.05) is 0 Å². The summed E-state index contributed by atoms with van der Waals surface area (Å²) in [5, 5.41) is 20.0. The van der Waals surface area contributed by atoms with Gasteiger partial charge in [0.1, 0.15) is 18.2 Å². The number of rotatable bonds is 2. The van der Waals surface area contributed by atoms with Gasteiger partial charge in [-0.05, 0) is 6.34 Å². The molecule has 0 spiro atoms. The van der Waals surface area contributed by atoms with Crippen molar-refractivity contribution in [1.29, 1.82) is 5.41 Å². The first kappa shape index (κ1) is 10.6. The van der Waals surface area contributed by atoms with Crippen LogP contribution in [0.4, 0.5) is 4.79 Å². The summed E-state index contributed by atoms with van der Waals surface area (Å²) in [6, 6.07) is -0.870. The zero-order valence-electron chi connectivity index (χ0n) is 7.45. The van der Waals surface area contributed by atoms with Crippen LogP contribution in [0.25, 0.3) is 5.32 Å². The molecule has 0 bridgehead atoms. The third-order valence-corrected chi connectivity index (χ3v) is 1.44. The third kappa shape index (κ3) is 3.07. The minimum absolute atomic E-state index is 0.139. The predicted octanol–water partition coefficient (Wildman–Crippen LogP) is 1.46. The Kier molecular flexibility index (Phi) is 3.33. The Morgan fingerprint density at radius 3 is 3.07 bits per heavy atom. The fourth-order valence-electron chi connectivity index (χ4n) is 0.871. The topological polar surface area (TPSA) is 111 Å². The van der Waals surface area contributed by atoms with Gasteiger partial charge in [0.15, 0.2) is 0 Å². The SMILES string of the molecule is N=C[N-]C(=O)N=C1C=C[CH+]C([N+](=O)[O-])=C1. The van der Waals surface area contributed by atoms with E-state index in [4.69, 9.17) is 5.41 Å². The molecule has 0 atom stereocenters. The molecule has 76 valence electrons. The van der Waals surface area contributed by atoms with Crippen LogP contribution < -0.4 is 0 Å². The van der Waals surface area contributed by atoms with E-state index in [2.05, 4.69) is 10.3 Å². The van der Waals surface area contributed by atoms with Crippen molar-refractivity contribution in [2.45, 2.75) is 0 Å². The number of aliphatic imine (C=N–C) groups is 1. The molecule has 1 N–H and O–H groups in total. The van der Waals surface area contributed by atoms with Gasteiger partial charge in [0.05, 0.1) is 11.0 Å². The lowest BCUT2D eigenvalue weighted by Gasteiger charge is -1.99. The fraction of sp³-hybridized carbons (Fsp3) is 0. The van der Waals surface area contributed by atoms with Crippen molar-refractivity contribution in [3.63, 3.8) is 0 Å². The van der Waals surface area contributed by atoms with Gasteiger partial charge in [0.2, 0.25) is 6.03 Å². The molecule has 0 heterocycles. The molecule has 0 fully saturated rings. The number of urea groups is 1. The smallest absolute Gasteiger partial charge is 0.373 e. The van der Waals surface area contributed by atoms with Crippen molar-refractivity contribution < 1.29 is 9.72 Å². The summed E-state index contributed by atoms with van der Waals surface area (Å²) in [6.45, 7) is 0. The number of hydrogen-bond acceptors (Lipinski definition) is 4. The van der Waals surface area contributed by atoms with Crippen molar-refractivity contribution in [3.8, 4) is 0 Å². The molecule has 0 unspecified atom stereocenters. The van der Waals surface area contributed by atoms with E-state index in [1.54, 1.807) is 0 Å². The second-order valence-corrected chi connectivity index (χ2v) is 2.43. The molecule has 1 rings (SSSR count). The number of carbonyl (C=O) groups is 1. The van der Waals surface area contributed by atoms with Crippen LogP contribution in [0.2, 0.25) is 0 Å². The molecule has 0 saturated heterocycles.